The van der Waals surface area contributed by atoms with Crippen LogP contribution in [0.1, 0.15) is 5.56 Å². The third-order valence-corrected chi connectivity index (χ3v) is 2.90. The minimum Gasteiger partial charge on any atom is -0.395 e. The van der Waals surface area contributed by atoms with Gasteiger partial charge in [-0.2, -0.15) is 0 Å². The first-order valence-corrected chi connectivity index (χ1v) is 6.12. The molecule has 0 atom stereocenters. The molecule has 94 valence electrons. The molecule has 0 spiro atoms. The number of morpholine rings is 1. The summed E-state index contributed by atoms with van der Waals surface area (Å²) in [4.78, 5) is 2.40. The number of benzene rings is 1. The number of aliphatic hydroxyl groups is 1. The van der Waals surface area contributed by atoms with E-state index in [1.165, 1.54) is 5.56 Å². The normalized spacial score (nSPS) is 17.0. The predicted molar refractivity (Wildman–Crippen MR) is 68.1 cm³/mol. The molecule has 1 fully saturated rings. The van der Waals surface area contributed by atoms with E-state index in [0.717, 1.165) is 38.5 Å². The molecule has 0 amide bonds. The maximum absolute atomic E-state index is 8.72. The molecule has 0 aromatic heterocycles. The lowest BCUT2D eigenvalue weighted by molar-refractivity contribution is 0.0342. The van der Waals surface area contributed by atoms with Gasteiger partial charge in [0.05, 0.1) is 19.8 Å². The zero-order valence-electron chi connectivity index (χ0n) is 10.1. The van der Waals surface area contributed by atoms with Crippen molar-refractivity contribution in [3.05, 3.63) is 29.8 Å². The van der Waals surface area contributed by atoms with Crippen molar-refractivity contribution in [3.63, 3.8) is 0 Å². The second kappa shape index (κ2) is 6.59. The van der Waals surface area contributed by atoms with E-state index in [9.17, 15) is 0 Å². The van der Waals surface area contributed by atoms with E-state index < -0.39 is 0 Å². The standard InChI is InChI=1S/C13H20N2O2/c16-8-5-14-13-3-1-12(2-4-13)11-15-6-9-17-10-7-15/h1-4,14,16H,5-11H2. The highest BCUT2D eigenvalue weighted by Crippen LogP contribution is 2.12. The predicted octanol–water partition coefficient (Wildman–Crippen LogP) is 0.923. The van der Waals surface area contributed by atoms with E-state index in [1.807, 2.05) is 0 Å². The van der Waals surface area contributed by atoms with Crippen molar-refractivity contribution in [3.8, 4) is 0 Å². The van der Waals surface area contributed by atoms with Gasteiger partial charge in [-0.05, 0) is 17.7 Å². The molecular weight excluding hydrogens is 216 g/mol. The molecule has 1 aromatic rings. The zero-order valence-corrected chi connectivity index (χ0v) is 10.1. The van der Waals surface area contributed by atoms with E-state index in [0.29, 0.717) is 6.54 Å². The van der Waals surface area contributed by atoms with Crippen LogP contribution in [-0.2, 0) is 11.3 Å². The van der Waals surface area contributed by atoms with Crippen LogP contribution >= 0.6 is 0 Å². The first kappa shape index (κ1) is 12.4. The molecule has 1 aliphatic heterocycles. The van der Waals surface area contributed by atoms with Crippen LogP contribution in [-0.4, -0.2) is 49.5 Å². The van der Waals surface area contributed by atoms with Gasteiger partial charge in [0.2, 0.25) is 0 Å². The lowest BCUT2D eigenvalue weighted by Gasteiger charge is -2.26. The van der Waals surface area contributed by atoms with Gasteiger partial charge in [0, 0.05) is 31.9 Å². The molecule has 1 aliphatic rings. The molecule has 2 N–H and O–H groups in total. The second-order valence-corrected chi connectivity index (χ2v) is 4.24. The van der Waals surface area contributed by atoms with Crippen LogP contribution in [0.4, 0.5) is 5.69 Å². The van der Waals surface area contributed by atoms with E-state index in [-0.39, 0.29) is 6.61 Å². The monoisotopic (exact) mass is 236 g/mol. The lowest BCUT2D eigenvalue weighted by Crippen LogP contribution is -2.35. The zero-order chi connectivity index (χ0) is 11.9. The first-order chi connectivity index (χ1) is 8.38. The molecule has 0 saturated carbocycles. The molecule has 4 nitrogen and oxygen atoms in total. The van der Waals surface area contributed by atoms with Crippen molar-refractivity contribution in [1.82, 2.24) is 4.90 Å². The third kappa shape index (κ3) is 4.00. The molecule has 2 rings (SSSR count). The molecule has 1 aromatic carbocycles. The molecule has 0 bridgehead atoms. The quantitative estimate of drug-likeness (QED) is 0.798. The Morgan fingerprint density at radius 1 is 1.18 bits per heavy atom. The minimum absolute atomic E-state index is 0.162. The molecule has 1 saturated heterocycles. The van der Waals surface area contributed by atoms with Gasteiger partial charge in [0.15, 0.2) is 0 Å². The summed E-state index contributed by atoms with van der Waals surface area (Å²) >= 11 is 0. The number of aliphatic hydroxyl groups excluding tert-OH is 1. The van der Waals surface area contributed by atoms with Crippen molar-refractivity contribution in [2.24, 2.45) is 0 Å². The Hall–Kier alpha value is -1.10. The van der Waals surface area contributed by atoms with Crippen molar-refractivity contribution >= 4 is 5.69 Å². The molecule has 17 heavy (non-hydrogen) atoms. The second-order valence-electron chi connectivity index (χ2n) is 4.24. The maximum atomic E-state index is 8.72. The van der Waals surface area contributed by atoms with Crippen molar-refractivity contribution in [2.45, 2.75) is 6.54 Å². The van der Waals surface area contributed by atoms with Crippen LogP contribution in [0.15, 0.2) is 24.3 Å². The van der Waals surface area contributed by atoms with Crippen LogP contribution in [0, 0.1) is 0 Å². The van der Waals surface area contributed by atoms with Crippen LogP contribution < -0.4 is 5.32 Å². The fourth-order valence-electron chi connectivity index (χ4n) is 1.95. The number of anilines is 1. The molecule has 0 radical (unpaired) electrons. The van der Waals surface area contributed by atoms with Gasteiger partial charge in [-0.25, -0.2) is 0 Å². The fraction of sp³-hybridized carbons (Fsp3) is 0.538. The Balaban J connectivity index is 1.84. The summed E-state index contributed by atoms with van der Waals surface area (Å²) in [6.45, 7) is 5.48. The molecular formula is C13H20N2O2. The van der Waals surface area contributed by atoms with Crippen LogP contribution in [0.2, 0.25) is 0 Å². The average Bonchev–Trinajstić information content (AvgIpc) is 2.39. The van der Waals surface area contributed by atoms with Gasteiger partial charge < -0.3 is 15.2 Å². The smallest absolute Gasteiger partial charge is 0.0604 e. The third-order valence-electron chi connectivity index (χ3n) is 2.90. The molecule has 0 unspecified atom stereocenters. The molecule has 0 aliphatic carbocycles. The van der Waals surface area contributed by atoms with Gasteiger partial charge in [0.1, 0.15) is 0 Å². The minimum atomic E-state index is 0.162. The Labute approximate surface area is 102 Å². The summed E-state index contributed by atoms with van der Waals surface area (Å²) in [5.74, 6) is 0. The average molecular weight is 236 g/mol. The highest BCUT2D eigenvalue weighted by atomic mass is 16.5. The van der Waals surface area contributed by atoms with Crippen molar-refractivity contribution in [1.29, 1.82) is 0 Å². The van der Waals surface area contributed by atoms with E-state index in [2.05, 4.69) is 34.5 Å². The fourth-order valence-corrected chi connectivity index (χ4v) is 1.95. The Morgan fingerprint density at radius 2 is 1.88 bits per heavy atom. The lowest BCUT2D eigenvalue weighted by atomic mass is 10.2. The van der Waals surface area contributed by atoms with E-state index >= 15 is 0 Å². The van der Waals surface area contributed by atoms with Crippen molar-refractivity contribution < 1.29 is 9.84 Å². The summed E-state index contributed by atoms with van der Waals surface area (Å²) in [6, 6.07) is 8.39. The van der Waals surface area contributed by atoms with Crippen molar-refractivity contribution in [2.75, 3.05) is 44.8 Å². The maximum Gasteiger partial charge on any atom is 0.0604 e. The van der Waals surface area contributed by atoms with Gasteiger partial charge in [-0.1, -0.05) is 12.1 Å². The number of nitrogens with zero attached hydrogens (tertiary/aromatic N) is 1. The topological polar surface area (TPSA) is 44.7 Å². The highest BCUT2D eigenvalue weighted by molar-refractivity contribution is 5.44. The van der Waals surface area contributed by atoms with E-state index in [4.69, 9.17) is 9.84 Å². The van der Waals surface area contributed by atoms with E-state index in [1.54, 1.807) is 0 Å². The van der Waals surface area contributed by atoms with Gasteiger partial charge >= 0.3 is 0 Å². The van der Waals surface area contributed by atoms with Gasteiger partial charge in [-0.3, -0.25) is 4.90 Å². The molecule has 4 heteroatoms. The summed E-state index contributed by atoms with van der Waals surface area (Å²) in [6.07, 6.45) is 0. The number of hydrogen-bond donors (Lipinski definition) is 2. The number of nitrogens with one attached hydrogen (secondary N) is 1. The highest BCUT2D eigenvalue weighted by Gasteiger charge is 2.10. The largest absolute Gasteiger partial charge is 0.395 e. The summed E-state index contributed by atoms with van der Waals surface area (Å²) < 4.78 is 5.33. The summed E-state index contributed by atoms with van der Waals surface area (Å²) in [5, 5.41) is 11.9. The summed E-state index contributed by atoms with van der Waals surface area (Å²) in [7, 11) is 0. The van der Waals surface area contributed by atoms with Gasteiger partial charge in [-0.15, -0.1) is 0 Å². The Kier molecular flexibility index (Phi) is 4.79. The Morgan fingerprint density at radius 3 is 2.53 bits per heavy atom. The number of hydrogen-bond acceptors (Lipinski definition) is 4. The SMILES string of the molecule is OCCNc1ccc(CN2CCOCC2)cc1. The van der Waals surface area contributed by atoms with Crippen LogP contribution in [0.3, 0.4) is 0 Å². The summed E-state index contributed by atoms with van der Waals surface area (Å²) in [5.41, 5.74) is 2.38. The number of ether oxygens (including phenoxy) is 1. The number of rotatable bonds is 5. The van der Waals surface area contributed by atoms with Crippen LogP contribution in [0.25, 0.3) is 0 Å². The van der Waals surface area contributed by atoms with Crippen LogP contribution in [0.5, 0.6) is 0 Å². The first-order valence-electron chi connectivity index (χ1n) is 6.12. The molecule has 1 heterocycles. The van der Waals surface area contributed by atoms with Gasteiger partial charge in [0.25, 0.3) is 0 Å². The Bertz CT molecular complexity index is 321.